The average molecular weight is 373 g/mol. The third-order valence-electron chi connectivity index (χ3n) is 3.45. The first-order chi connectivity index (χ1) is 13.0. The molecule has 0 fully saturated rings. The number of carbonyl (C=O) groups is 2. The number of para-hydroxylation sites is 1. The summed E-state index contributed by atoms with van der Waals surface area (Å²) in [6.07, 6.45) is 0. The maximum Gasteiger partial charge on any atom is 0.282 e. The summed E-state index contributed by atoms with van der Waals surface area (Å²) < 4.78 is 10.6. The van der Waals surface area contributed by atoms with Crippen LogP contribution in [0.15, 0.2) is 48.5 Å². The lowest BCUT2D eigenvalue weighted by atomic mass is 10.2. The van der Waals surface area contributed by atoms with E-state index in [-0.39, 0.29) is 16.8 Å². The summed E-state index contributed by atoms with van der Waals surface area (Å²) >= 11 is 0. The number of nitrogens with one attached hydrogen (secondary N) is 2. The maximum absolute atomic E-state index is 12.1. The number of carbonyl (C=O) groups excluding carboxylic acids is 2. The molecule has 0 heterocycles. The fraction of sp³-hybridized carbons (Fsp3) is 0.222. The van der Waals surface area contributed by atoms with E-state index in [1.165, 1.54) is 36.4 Å². The summed E-state index contributed by atoms with van der Waals surface area (Å²) in [5, 5.41) is 10.9. The van der Waals surface area contributed by atoms with E-state index >= 15 is 0 Å². The number of nitro benzene ring substituents is 1. The van der Waals surface area contributed by atoms with Gasteiger partial charge in [0.15, 0.2) is 0 Å². The van der Waals surface area contributed by atoms with E-state index in [1.807, 2.05) is 6.92 Å². The van der Waals surface area contributed by atoms with Gasteiger partial charge in [0, 0.05) is 18.2 Å². The van der Waals surface area contributed by atoms with Crippen molar-refractivity contribution in [2.45, 2.75) is 6.92 Å². The molecule has 27 heavy (non-hydrogen) atoms. The van der Waals surface area contributed by atoms with E-state index in [2.05, 4.69) is 10.9 Å². The van der Waals surface area contributed by atoms with Gasteiger partial charge < -0.3 is 9.47 Å². The number of ether oxygens (including phenoxy) is 2. The highest BCUT2D eigenvalue weighted by molar-refractivity contribution is 6.01. The van der Waals surface area contributed by atoms with Crippen molar-refractivity contribution in [2.24, 2.45) is 0 Å². The van der Waals surface area contributed by atoms with Gasteiger partial charge in [-0.25, -0.2) is 0 Å². The molecule has 0 unspecified atom stereocenters. The quantitative estimate of drug-likeness (QED) is 0.415. The Labute approximate surface area is 155 Å². The highest BCUT2D eigenvalue weighted by atomic mass is 16.6. The molecule has 0 aromatic heterocycles. The molecule has 0 aliphatic heterocycles. The summed E-state index contributed by atoms with van der Waals surface area (Å²) in [5.41, 5.74) is 4.17. The highest BCUT2D eigenvalue weighted by Gasteiger charge is 2.19. The van der Waals surface area contributed by atoms with E-state index < -0.39 is 16.7 Å². The maximum atomic E-state index is 12.1. The number of hydrazine groups is 1. The number of hydrogen-bond donors (Lipinski definition) is 2. The van der Waals surface area contributed by atoms with E-state index in [9.17, 15) is 19.7 Å². The third kappa shape index (κ3) is 5.79. The molecule has 2 aromatic carbocycles. The van der Waals surface area contributed by atoms with Gasteiger partial charge in [-0.2, -0.15) is 0 Å². The van der Waals surface area contributed by atoms with Gasteiger partial charge in [-0.15, -0.1) is 0 Å². The first-order valence-corrected chi connectivity index (χ1v) is 8.17. The topological polar surface area (TPSA) is 120 Å². The molecular weight excluding hydrogens is 354 g/mol. The van der Waals surface area contributed by atoms with Crippen LogP contribution in [0.4, 0.5) is 5.69 Å². The fourth-order valence-corrected chi connectivity index (χ4v) is 2.14. The molecule has 2 aromatic rings. The Hall–Kier alpha value is -3.46. The lowest BCUT2D eigenvalue weighted by Crippen LogP contribution is -2.41. The van der Waals surface area contributed by atoms with Crippen LogP contribution in [0.25, 0.3) is 0 Å². The van der Waals surface area contributed by atoms with Gasteiger partial charge in [-0.3, -0.25) is 30.6 Å². The molecule has 0 radical (unpaired) electrons. The SMILES string of the molecule is CCOCCOc1ccc(C(=O)NNC(=O)c2ccccc2[N+](=O)[O-])cc1. The first-order valence-electron chi connectivity index (χ1n) is 8.17. The van der Waals surface area contributed by atoms with Crippen molar-refractivity contribution in [3.63, 3.8) is 0 Å². The molecule has 2 amide bonds. The van der Waals surface area contributed by atoms with Crippen LogP contribution in [-0.2, 0) is 4.74 Å². The number of rotatable bonds is 8. The smallest absolute Gasteiger partial charge is 0.282 e. The lowest BCUT2D eigenvalue weighted by Gasteiger charge is -2.09. The molecule has 9 nitrogen and oxygen atoms in total. The predicted molar refractivity (Wildman–Crippen MR) is 96.5 cm³/mol. The van der Waals surface area contributed by atoms with Gasteiger partial charge in [0.25, 0.3) is 17.5 Å². The molecule has 2 N–H and O–H groups in total. The molecule has 142 valence electrons. The van der Waals surface area contributed by atoms with Crippen molar-refractivity contribution in [3.05, 3.63) is 69.8 Å². The van der Waals surface area contributed by atoms with Crippen LogP contribution < -0.4 is 15.6 Å². The summed E-state index contributed by atoms with van der Waals surface area (Å²) in [5.74, 6) is -0.774. The summed E-state index contributed by atoms with van der Waals surface area (Å²) in [4.78, 5) is 34.4. The van der Waals surface area contributed by atoms with E-state index in [4.69, 9.17) is 9.47 Å². The molecule has 0 bridgehead atoms. The van der Waals surface area contributed by atoms with Gasteiger partial charge >= 0.3 is 0 Å². The van der Waals surface area contributed by atoms with Gasteiger partial charge in [0.1, 0.15) is 17.9 Å². The zero-order chi connectivity index (χ0) is 19.6. The Morgan fingerprint density at radius 1 is 1.00 bits per heavy atom. The monoisotopic (exact) mass is 373 g/mol. The number of nitrogens with zero attached hydrogens (tertiary/aromatic N) is 1. The number of benzene rings is 2. The van der Waals surface area contributed by atoms with Gasteiger partial charge in [0.05, 0.1) is 11.5 Å². The molecule has 0 spiro atoms. The lowest BCUT2D eigenvalue weighted by molar-refractivity contribution is -0.385. The van der Waals surface area contributed by atoms with Crippen LogP contribution in [0.1, 0.15) is 27.6 Å². The van der Waals surface area contributed by atoms with E-state index in [1.54, 1.807) is 12.1 Å². The van der Waals surface area contributed by atoms with Crippen LogP contribution in [0.2, 0.25) is 0 Å². The molecule has 0 aliphatic rings. The molecule has 9 heteroatoms. The van der Waals surface area contributed by atoms with Gasteiger partial charge in [-0.1, -0.05) is 12.1 Å². The molecule has 0 saturated heterocycles. The normalized spacial score (nSPS) is 10.1. The van der Waals surface area contributed by atoms with Gasteiger partial charge in [-0.05, 0) is 37.3 Å². The summed E-state index contributed by atoms with van der Waals surface area (Å²) in [6, 6.07) is 11.7. The van der Waals surface area contributed by atoms with Gasteiger partial charge in [0.2, 0.25) is 0 Å². The van der Waals surface area contributed by atoms with Crippen molar-refractivity contribution >= 4 is 17.5 Å². The van der Waals surface area contributed by atoms with Crippen molar-refractivity contribution in [2.75, 3.05) is 19.8 Å². The second-order valence-electron chi connectivity index (χ2n) is 5.25. The number of amides is 2. The highest BCUT2D eigenvalue weighted by Crippen LogP contribution is 2.17. The Balaban J connectivity index is 1.90. The largest absolute Gasteiger partial charge is 0.491 e. The minimum absolute atomic E-state index is 0.152. The zero-order valence-corrected chi connectivity index (χ0v) is 14.6. The molecule has 0 aliphatic carbocycles. The Morgan fingerprint density at radius 2 is 1.67 bits per heavy atom. The Bertz CT molecular complexity index is 807. The molecular formula is C18H19N3O6. The van der Waals surface area contributed by atoms with Crippen LogP contribution in [-0.4, -0.2) is 36.6 Å². The number of hydrogen-bond acceptors (Lipinski definition) is 6. The number of nitro groups is 1. The zero-order valence-electron chi connectivity index (χ0n) is 14.6. The van der Waals surface area contributed by atoms with Crippen molar-refractivity contribution in [3.8, 4) is 5.75 Å². The fourth-order valence-electron chi connectivity index (χ4n) is 2.14. The van der Waals surface area contributed by atoms with Crippen LogP contribution >= 0.6 is 0 Å². The van der Waals surface area contributed by atoms with Crippen molar-refractivity contribution in [1.82, 2.24) is 10.9 Å². The summed E-state index contributed by atoms with van der Waals surface area (Å²) in [7, 11) is 0. The second-order valence-corrected chi connectivity index (χ2v) is 5.25. The van der Waals surface area contributed by atoms with Crippen LogP contribution in [0.5, 0.6) is 5.75 Å². The van der Waals surface area contributed by atoms with Crippen molar-refractivity contribution in [1.29, 1.82) is 0 Å². The first kappa shape index (κ1) is 19.9. The predicted octanol–water partition coefficient (Wildman–Crippen LogP) is 2.08. The average Bonchev–Trinajstić information content (AvgIpc) is 2.69. The van der Waals surface area contributed by atoms with Crippen LogP contribution in [0.3, 0.4) is 0 Å². The standard InChI is InChI=1S/C18H19N3O6/c1-2-26-11-12-27-14-9-7-13(8-10-14)17(22)19-20-18(23)15-5-3-4-6-16(15)21(24)25/h3-10H,2,11-12H2,1H3,(H,19,22)(H,20,23). The minimum Gasteiger partial charge on any atom is -0.491 e. The minimum atomic E-state index is -0.786. The Kier molecular flexibility index (Phi) is 7.26. The van der Waals surface area contributed by atoms with Crippen molar-refractivity contribution < 1.29 is 24.0 Å². The third-order valence-corrected chi connectivity index (χ3v) is 3.45. The van der Waals surface area contributed by atoms with Crippen LogP contribution in [0, 0.1) is 10.1 Å². The molecule has 0 saturated carbocycles. The summed E-state index contributed by atoms with van der Waals surface area (Å²) in [6.45, 7) is 3.37. The molecule has 0 atom stereocenters. The van der Waals surface area contributed by atoms with E-state index in [0.717, 1.165) is 0 Å². The van der Waals surface area contributed by atoms with E-state index in [0.29, 0.717) is 25.6 Å². The second kappa shape index (κ2) is 9.88. The Morgan fingerprint density at radius 3 is 2.33 bits per heavy atom. The molecule has 2 rings (SSSR count).